The average Bonchev–Trinajstić information content (AvgIpc) is 3.40. The lowest BCUT2D eigenvalue weighted by Crippen LogP contribution is -2.34. The standard InChI is InChI=1S/C21H26N6O/c1-2-3-9-25-11-12-27-20(16-25)14-18(24-27)15-22-21(28)17-6-4-7-19(13-17)26-10-5-8-23-26/h4-8,10,13-14H,2-3,9,11-12,15-16H2,1H3,(H,22,28). The Labute approximate surface area is 165 Å². The van der Waals surface area contributed by atoms with Crippen LogP contribution in [0, 0.1) is 0 Å². The fraction of sp³-hybridized carbons (Fsp3) is 0.381. The lowest BCUT2D eigenvalue weighted by molar-refractivity contribution is 0.0950. The zero-order valence-corrected chi connectivity index (χ0v) is 16.2. The van der Waals surface area contributed by atoms with Crippen molar-refractivity contribution in [1.29, 1.82) is 0 Å². The van der Waals surface area contributed by atoms with Crippen LogP contribution in [0.15, 0.2) is 48.8 Å². The van der Waals surface area contributed by atoms with E-state index in [-0.39, 0.29) is 5.91 Å². The van der Waals surface area contributed by atoms with Gasteiger partial charge in [0, 0.05) is 31.0 Å². The molecule has 3 aromatic rings. The van der Waals surface area contributed by atoms with Crippen molar-refractivity contribution >= 4 is 5.91 Å². The fourth-order valence-corrected chi connectivity index (χ4v) is 3.52. The molecular formula is C21H26N6O. The molecule has 0 saturated carbocycles. The Balaban J connectivity index is 1.37. The quantitative estimate of drug-likeness (QED) is 0.686. The lowest BCUT2D eigenvalue weighted by atomic mass is 10.2. The first kappa shape index (κ1) is 18.4. The molecule has 3 heterocycles. The number of amides is 1. The summed E-state index contributed by atoms with van der Waals surface area (Å²) in [4.78, 5) is 15.0. The molecule has 0 saturated heterocycles. The summed E-state index contributed by atoms with van der Waals surface area (Å²) in [5.74, 6) is -0.107. The second-order valence-electron chi connectivity index (χ2n) is 7.16. The van der Waals surface area contributed by atoms with Crippen molar-refractivity contribution in [2.75, 3.05) is 13.1 Å². The third-order valence-electron chi connectivity index (χ3n) is 5.06. The number of carbonyl (C=O) groups excluding carboxylic acids is 1. The molecule has 1 N–H and O–H groups in total. The fourth-order valence-electron chi connectivity index (χ4n) is 3.52. The molecular weight excluding hydrogens is 352 g/mol. The molecule has 7 heteroatoms. The highest BCUT2D eigenvalue weighted by atomic mass is 16.1. The average molecular weight is 378 g/mol. The first-order chi connectivity index (χ1) is 13.7. The number of nitrogens with one attached hydrogen (secondary N) is 1. The van der Waals surface area contributed by atoms with Crippen molar-refractivity contribution in [3.8, 4) is 5.69 Å². The minimum atomic E-state index is -0.107. The normalized spacial score (nSPS) is 14.0. The van der Waals surface area contributed by atoms with Crippen LogP contribution in [0.5, 0.6) is 0 Å². The molecule has 0 spiro atoms. The topological polar surface area (TPSA) is 68.0 Å². The number of aromatic nitrogens is 4. The largest absolute Gasteiger partial charge is 0.346 e. The van der Waals surface area contributed by atoms with Crippen molar-refractivity contribution in [2.24, 2.45) is 0 Å². The van der Waals surface area contributed by atoms with Crippen LogP contribution in [-0.2, 0) is 19.6 Å². The van der Waals surface area contributed by atoms with Crippen molar-refractivity contribution in [2.45, 2.75) is 39.4 Å². The molecule has 1 amide bonds. The molecule has 4 rings (SSSR count). The van der Waals surface area contributed by atoms with Gasteiger partial charge in [0.1, 0.15) is 0 Å². The maximum Gasteiger partial charge on any atom is 0.251 e. The van der Waals surface area contributed by atoms with Crippen LogP contribution >= 0.6 is 0 Å². The smallest absolute Gasteiger partial charge is 0.251 e. The van der Waals surface area contributed by atoms with E-state index in [1.165, 1.54) is 18.5 Å². The molecule has 0 atom stereocenters. The van der Waals surface area contributed by atoms with Gasteiger partial charge >= 0.3 is 0 Å². The van der Waals surface area contributed by atoms with Gasteiger partial charge in [-0.25, -0.2) is 4.68 Å². The molecule has 0 aliphatic carbocycles. The summed E-state index contributed by atoms with van der Waals surface area (Å²) in [5.41, 5.74) is 3.61. The van der Waals surface area contributed by atoms with Crippen molar-refractivity contribution in [1.82, 2.24) is 29.8 Å². The summed E-state index contributed by atoms with van der Waals surface area (Å²) in [6, 6.07) is 11.4. The van der Waals surface area contributed by atoms with E-state index in [2.05, 4.69) is 38.1 Å². The number of hydrogen-bond donors (Lipinski definition) is 1. The van der Waals surface area contributed by atoms with Gasteiger partial charge in [-0.2, -0.15) is 10.2 Å². The van der Waals surface area contributed by atoms with Crippen LogP contribution in [0.25, 0.3) is 5.69 Å². The third-order valence-corrected chi connectivity index (χ3v) is 5.06. The summed E-state index contributed by atoms with van der Waals surface area (Å²) in [7, 11) is 0. The van der Waals surface area contributed by atoms with Crippen LogP contribution in [0.3, 0.4) is 0 Å². The molecule has 1 aliphatic heterocycles. The number of rotatable bonds is 7. The van der Waals surface area contributed by atoms with E-state index in [0.717, 1.165) is 37.6 Å². The van der Waals surface area contributed by atoms with Crippen molar-refractivity contribution < 1.29 is 4.79 Å². The highest BCUT2D eigenvalue weighted by molar-refractivity contribution is 5.94. The van der Waals surface area contributed by atoms with Gasteiger partial charge in [0.15, 0.2) is 0 Å². The molecule has 0 bridgehead atoms. The first-order valence-electron chi connectivity index (χ1n) is 9.89. The SMILES string of the molecule is CCCCN1CCn2nc(CNC(=O)c3cccc(-n4cccn4)c3)cc2C1. The van der Waals surface area contributed by atoms with Crippen molar-refractivity contribution in [3.05, 3.63) is 65.7 Å². The van der Waals surface area contributed by atoms with Crippen LogP contribution in [0.2, 0.25) is 0 Å². The van der Waals surface area contributed by atoms with E-state index >= 15 is 0 Å². The predicted octanol–water partition coefficient (Wildman–Crippen LogP) is 2.61. The Morgan fingerprint density at radius 3 is 2.96 bits per heavy atom. The minimum absolute atomic E-state index is 0.107. The van der Waals surface area contributed by atoms with Gasteiger partial charge in [-0.05, 0) is 43.3 Å². The first-order valence-corrected chi connectivity index (χ1v) is 9.89. The zero-order chi connectivity index (χ0) is 19.3. The Morgan fingerprint density at radius 2 is 2.14 bits per heavy atom. The molecule has 0 radical (unpaired) electrons. The van der Waals surface area contributed by atoms with Gasteiger partial charge in [-0.1, -0.05) is 19.4 Å². The zero-order valence-electron chi connectivity index (χ0n) is 16.2. The monoisotopic (exact) mass is 378 g/mol. The van der Waals surface area contributed by atoms with Gasteiger partial charge in [-0.3, -0.25) is 14.4 Å². The number of hydrogen-bond acceptors (Lipinski definition) is 4. The van der Waals surface area contributed by atoms with E-state index in [4.69, 9.17) is 0 Å². The Morgan fingerprint density at radius 1 is 1.21 bits per heavy atom. The highest BCUT2D eigenvalue weighted by Gasteiger charge is 2.18. The maximum absolute atomic E-state index is 12.6. The van der Waals surface area contributed by atoms with Crippen LogP contribution < -0.4 is 5.32 Å². The molecule has 1 aliphatic rings. The Hall–Kier alpha value is -2.93. The molecule has 0 fully saturated rings. The maximum atomic E-state index is 12.6. The number of carbonyl (C=O) groups is 1. The number of fused-ring (bicyclic) bond motifs is 1. The summed E-state index contributed by atoms with van der Waals surface area (Å²) in [6.45, 7) is 6.69. The number of nitrogens with zero attached hydrogens (tertiary/aromatic N) is 5. The summed E-state index contributed by atoms with van der Waals surface area (Å²) < 4.78 is 3.81. The predicted molar refractivity (Wildman–Crippen MR) is 107 cm³/mol. The molecule has 146 valence electrons. The molecule has 2 aromatic heterocycles. The van der Waals surface area contributed by atoms with Crippen LogP contribution in [0.1, 0.15) is 41.5 Å². The van der Waals surface area contributed by atoms with E-state index < -0.39 is 0 Å². The van der Waals surface area contributed by atoms with E-state index in [1.54, 1.807) is 10.9 Å². The summed E-state index contributed by atoms with van der Waals surface area (Å²) in [6.07, 6.45) is 6.02. The Bertz CT molecular complexity index is 930. The highest BCUT2D eigenvalue weighted by Crippen LogP contribution is 2.15. The second-order valence-corrected chi connectivity index (χ2v) is 7.16. The summed E-state index contributed by atoms with van der Waals surface area (Å²) >= 11 is 0. The van der Waals surface area contributed by atoms with Gasteiger partial charge in [-0.15, -0.1) is 0 Å². The van der Waals surface area contributed by atoms with E-state index in [9.17, 15) is 4.79 Å². The Kier molecular flexibility index (Phi) is 5.53. The van der Waals surface area contributed by atoms with Gasteiger partial charge in [0.05, 0.1) is 30.2 Å². The third kappa shape index (κ3) is 4.14. The van der Waals surface area contributed by atoms with Gasteiger partial charge in [0.25, 0.3) is 5.91 Å². The molecule has 28 heavy (non-hydrogen) atoms. The van der Waals surface area contributed by atoms with Gasteiger partial charge < -0.3 is 5.32 Å². The van der Waals surface area contributed by atoms with E-state index in [1.807, 2.05) is 36.5 Å². The number of benzene rings is 1. The van der Waals surface area contributed by atoms with Gasteiger partial charge in [0.2, 0.25) is 0 Å². The summed E-state index contributed by atoms with van der Waals surface area (Å²) in [5, 5.41) is 11.8. The lowest BCUT2D eigenvalue weighted by Gasteiger charge is -2.27. The van der Waals surface area contributed by atoms with Crippen LogP contribution in [0.4, 0.5) is 0 Å². The minimum Gasteiger partial charge on any atom is -0.346 e. The molecule has 1 aromatic carbocycles. The molecule has 0 unspecified atom stereocenters. The number of unbranched alkanes of at least 4 members (excludes halogenated alkanes) is 1. The van der Waals surface area contributed by atoms with Crippen LogP contribution in [-0.4, -0.2) is 43.5 Å². The van der Waals surface area contributed by atoms with Crippen molar-refractivity contribution in [3.63, 3.8) is 0 Å². The molecule has 7 nitrogen and oxygen atoms in total. The van der Waals surface area contributed by atoms with E-state index in [0.29, 0.717) is 12.1 Å². The second kappa shape index (κ2) is 8.39.